The molecule has 2 saturated heterocycles. The molecule has 3 aromatic rings. The van der Waals surface area contributed by atoms with Crippen LogP contribution in [0.3, 0.4) is 0 Å². The number of fused-ring (bicyclic) bond motifs is 1. The number of carbonyl (C=O) groups excluding carboxylic acids is 1. The number of halogens is 2. The van der Waals surface area contributed by atoms with Crippen LogP contribution in [-0.2, 0) is 0 Å². The van der Waals surface area contributed by atoms with E-state index in [0.717, 1.165) is 19.0 Å². The van der Waals surface area contributed by atoms with Crippen molar-refractivity contribution in [1.29, 1.82) is 0 Å². The van der Waals surface area contributed by atoms with Gasteiger partial charge >= 0.3 is 0 Å². The lowest BCUT2D eigenvalue weighted by molar-refractivity contribution is 0.104. The number of nitrogens with one attached hydrogen (secondary N) is 1. The van der Waals surface area contributed by atoms with Crippen LogP contribution in [0.2, 0.25) is 10.0 Å². The van der Waals surface area contributed by atoms with Gasteiger partial charge in [0.2, 0.25) is 0 Å². The molecule has 5 rings (SSSR count). The van der Waals surface area contributed by atoms with E-state index in [9.17, 15) is 4.79 Å². The van der Waals surface area contributed by atoms with Crippen molar-refractivity contribution in [1.82, 2.24) is 14.8 Å². The van der Waals surface area contributed by atoms with Gasteiger partial charge in [0.1, 0.15) is 0 Å². The monoisotopic (exact) mass is 509 g/mol. The highest BCUT2D eigenvalue weighted by Gasteiger charge is 2.27. The van der Waals surface area contributed by atoms with Crippen molar-refractivity contribution in [3.63, 3.8) is 0 Å². The normalized spacial score (nSPS) is 18.7. The topological polar surface area (TPSA) is 39.3 Å². The van der Waals surface area contributed by atoms with Gasteiger partial charge in [-0.3, -0.25) is 4.79 Å². The first kappa shape index (κ1) is 24.4. The number of hydrogen-bond donors (Lipinski definition) is 1. The minimum Gasteiger partial charge on any atom is -0.377 e. The van der Waals surface area contributed by atoms with Crippen molar-refractivity contribution >= 4 is 39.9 Å². The van der Waals surface area contributed by atoms with Crippen LogP contribution in [0.5, 0.6) is 0 Å². The second kappa shape index (κ2) is 10.8. The number of hydrogen-bond acceptors (Lipinski definition) is 3. The molecule has 35 heavy (non-hydrogen) atoms. The highest BCUT2D eigenvalue weighted by Crippen LogP contribution is 2.36. The van der Waals surface area contributed by atoms with Gasteiger partial charge in [0.05, 0.1) is 10.0 Å². The third-order valence-electron chi connectivity index (χ3n) is 7.75. The molecule has 4 nitrogen and oxygen atoms in total. The predicted octanol–water partition coefficient (Wildman–Crippen LogP) is 7.07. The Bertz CT molecular complexity index is 1220. The summed E-state index contributed by atoms with van der Waals surface area (Å²) in [6.45, 7) is 7.78. The third-order valence-corrected chi connectivity index (χ3v) is 8.48. The number of benzene rings is 2. The van der Waals surface area contributed by atoms with Crippen LogP contribution in [0.15, 0.2) is 54.7 Å². The molecule has 0 bridgehead atoms. The number of nitrogens with zero attached hydrogens (tertiary/aromatic N) is 2. The molecule has 0 amide bonds. The van der Waals surface area contributed by atoms with Crippen LogP contribution in [0.1, 0.15) is 53.2 Å². The van der Waals surface area contributed by atoms with E-state index in [1.54, 1.807) is 24.3 Å². The Hall–Kier alpha value is -2.27. The molecule has 2 aromatic carbocycles. The summed E-state index contributed by atoms with van der Waals surface area (Å²) in [6, 6.07) is 13.7. The SMILES string of the molecule is Cc1[nH]c2ccccc2c1C1CCN(CC2CCN(/C=C/C(=O)c3ccc(Cl)c(Cl)c3)CC2)CC1. The first-order chi connectivity index (χ1) is 17.0. The zero-order valence-corrected chi connectivity index (χ0v) is 21.8. The number of para-hydroxylation sites is 1. The molecular formula is C29H33Cl2N3O. The number of carbonyl (C=O) groups is 1. The summed E-state index contributed by atoms with van der Waals surface area (Å²) in [4.78, 5) is 21.0. The molecule has 1 N–H and O–H groups in total. The van der Waals surface area contributed by atoms with Gasteiger partial charge in [0.15, 0.2) is 5.78 Å². The number of piperidine rings is 2. The molecule has 0 unspecified atom stereocenters. The number of aryl methyl sites for hydroxylation is 1. The molecule has 2 aliphatic heterocycles. The van der Waals surface area contributed by atoms with Gasteiger partial charge in [-0.2, -0.15) is 0 Å². The minimum atomic E-state index is -0.0426. The number of rotatable bonds is 6. The summed E-state index contributed by atoms with van der Waals surface area (Å²) < 4.78 is 0. The maximum Gasteiger partial charge on any atom is 0.187 e. The molecule has 0 spiro atoms. The summed E-state index contributed by atoms with van der Waals surface area (Å²) in [5.41, 5.74) is 4.71. The predicted molar refractivity (Wildman–Crippen MR) is 146 cm³/mol. The van der Waals surface area contributed by atoms with E-state index < -0.39 is 0 Å². The van der Waals surface area contributed by atoms with Crippen molar-refractivity contribution in [2.75, 3.05) is 32.7 Å². The van der Waals surface area contributed by atoms with E-state index in [1.807, 2.05) is 6.20 Å². The average molecular weight is 511 g/mol. The lowest BCUT2D eigenvalue weighted by atomic mass is 9.86. The fraction of sp³-hybridized carbons (Fsp3) is 0.414. The van der Waals surface area contributed by atoms with Crippen LogP contribution < -0.4 is 0 Å². The number of H-pyrrole nitrogens is 1. The first-order valence-electron chi connectivity index (χ1n) is 12.7. The Labute approximate surface area is 217 Å². The van der Waals surface area contributed by atoms with Gasteiger partial charge in [-0.05, 0) is 87.4 Å². The molecule has 1 aromatic heterocycles. The zero-order chi connectivity index (χ0) is 24.4. The number of likely N-dealkylation sites (tertiary alicyclic amines) is 2. The van der Waals surface area contributed by atoms with E-state index in [4.69, 9.17) is 23.2 Å². The molecule has 3 heterocycles. The van der Waals surface area contributed by atoms with E-state index in [-0.39, 0.29) is 5.78 Å². The van der Waals surface area contributed by atoms with Gasteiger partial charge < -0.3 is 14.8 Å². The van der Waals surface area contributed by atoms with E-state index >= 15 is 0 Å². The van der Waals surface area contributed by atoms with E-state index in [2.05, 4.69) is 46.0 Å². The number of aromatic nitrogens is 1. The lowest BCUT2D eigenvalue weighted by Gasteiger charge is -2.37. The fourth-order valence-electron chi connectivity index (χ4n) is 5.80. The first-order valence-corrected chi connectivity index (χ1v) is 13.4. The van der Waals surface area contributed by atoms with Gasteiger partial charge in [0, 0.05) is 54.1 Å². The second-order valence-corrected chi connectivity index (χ2v) is 10.9. The quantitative estimate of drug-likeness (QED) is 0.285. The molecule has 0 radical (unpaired) electrons. The molecule has 0 aliphatic carbocycles. The Balaban J connectivity index is 1.08. The highest BCUT2D eigenvalue weighted by molar-refractivity contribution is 6.42. The Morgan fingerprint density at radius 3 is 2.49 bits per heavy atom. The molecule has 6 heteroatoms. The number of ketones is 1. The van der Waals surface area contributed by atoms with Crippen LogP contribution >= 0.6 is 23.2 Å². The lowest BCUT2D eigenvalue weighted by Crippen LogP contribution is -2.40. The molecular weight excluding hydrogens is 477 g/mol. The average Bonchev–Trinajstić information content (AvgIpc) is 3.21. The van der Waals surface area contributed by atoms with Crippen LogP contribution in [0, 0.1) is 12.8 Å². The highest BCUT2D eigenvalue weighted by atomic mass is 35.5. The van der Waals surface area contributed by atoms with Crippen molar-refractivity contribution in [3.8, 4) is 0 Å². The molecule has 184 valence electrons. The van der Waals surface area contributed by atoms with Gasteiger partial charge in [-0.25, -0.2) is 0 Å². The van der Waals surface area contributed by atoms with Crippen LogP contribution in [0.4, 0.5) is 0 Å². The minimum absolute atomic E-state index is 0.0426. The van der Waals surface area contributed by atoms with Gasteiger partial charge in [-0.15, -0.1) is 0 Å². The number of allylic oxidation sites excluding steroid dienone is 1. The smallest absolute Gasteiger partial charge is 0.187 e. The van der Waals surface area contributed by atoms with Gasteiger partial charge in [-0.1, -0.05) is 41.4 Å². The summed E-state index contributed by atoms with van der Waals surface area (Å²) in [6.07, 6.45) is 8.41. The third kappa shape index (κ3) is 5.61. The Morgan fingerprint density at radius 2 is 1.74 bits per heavy atom. The van der Waals surface area contributed by atoms with Gasteiger partial charge in [0.25, 0.3) is 0 Å². The number of aromatic amines is 1. The summed E-state index contributed by atoms with van der Waals surface area (Å²) >= 11 is 12.0. The van der Waals surface area contributed by atoms with E-state index in [0.29, 0.717) is 21.5 Å². The summed E-state index contributed by atoms with van der Waals surface area (Å²) in [5, 5.41) is 2.28. The van der Waals surface area contributed by atoms with Crippen molar-refractivity contribution in [2.24, 2.45) is 5.92 Å². The standard InChI is InChI=1S/C29H33Cl2N3O/c1-20-29(24-4-2-3-5-27(24)32-20)22-10-15-34(16-11-22)19-21-8-13-33(14-9-21)17-12-28(35)23-6-7-25(30)26(31)18-23/h2-7,12,17-18,21-22,32H,8-11,13-16,19H2,1H3/b17-12+. The summed E-state index contributed by atoms with van der Waals surface area (Å²) in [5.74, 6) is 1.35. The van der Waals surface area contributed by atoms with Crippen molar-refractivity contribution in [3.05, 3.63) is 81.6 Å². The largest absolute Gasteiger partial charge is 0.377 e. The summed E-state index contributed by atoms with van der Waals surface area (Å²) in [7, 11) is 0. The molecule has 0 atom stereocenters. The zero-order valence-electron chi connectivity index (χ0n) is 20.3. The maximum absolute atomic E-state index is 12.5. The molecule has 2 aliphatic rings. The van der Waals surface area contributed by atoms with E-state index in [1.165, 1.54) is 67.5 Å². The molecule has 0 saturated carbocycles. The van der Waals surface area contributed by atoms with Crippen molar-refractivity contribution < 1.29 is 4.79 Å². The van der Waals surface area contributed by atoms with Crippen LogP contribution in [-0.4, -0.2) is 53.3 Å². The maximum atomic E-state index is 12.5. The second-order valence-electron chi connectivity index (χ2n) is 10.1. The van der Waals surface area contributed by atoms with Crippen molar-refractivity contribution in [2.45, 2.75) is 38.5 Å². The fourth-order valence-corrected chi connectivity index (χ4v) is 6.10. The molecule has 2 fully saturated rings. The van der Waals surface area contributed by atoms with Crippen LogP contribution in [0.25, 0.3) is 10.9 Å². The Morgan fingerprint density at radius 1 is 1.00 bits per heavy atom. The Kier molecular flexibility index (Phi) is 7.52.